The van der Waals surface area contributed by atoms with Crippen molar-refractivity contribution >= 4 is 120 Å². The zero-order valence-corrected chi connectivity index (χ0v) is 60.3. The number of rotatable bonds is 23. The Morgan fingerprint density at radius 2 is 0.556 bits per heavy atom. The van der Waals surface area contributed by atoms with E-state index in [1.165, 1.54) is 43.1 Å². The summed E-state index contributed by atoms with van der Waals surface area (Å²) in [6.45, 7) is 0.505. The molecule has 18 aromatic rings. The Kier molecular flexibility index (Phi) is 17.5. The van der Waals surface area contributed by atoms with Gasteiger partial charge in [0.15, 0.2) is 46.0 Å². The molecule has 0 aromatic heterocycles. The van der Waals surface area contributed by atoms with Crippen LogP contribution in [-0.4, -0.2) is 40.4 Å². The Morgan fingerprint density at radius 3 is 0.926 bits per heavy atom. The number of ether oxygens (including phenoxy) is 8. The van der Waals surface area contributed by atoms with Crippen molar-refractivity contribution in [1.82, 2.24) is 0 Å². The minimum Gasteiger partial charge on any atom is -0.492 e. The minimum absolute atomic E-state index is 0.0221. The summed E-state index contributed by atoms with van der Waals surface area (Å²) in [7, 11) is 6.48. The van der Waals surface area contributed by atoms with Crippen molar-refractivity contribution in [3.8, 4) is 79.4 Å². The van der Waals surface area contributed by atoms with E-state index in [4.69, 9.17) is 37.9 Å². The maximum atomic E-state index is 15.8. The molecule has 108 heavy (non-hydrogen) atoms. The van der Waals surface area contributed by atoms with Gasteiger partial charge in [0.1, 0.15) is 13.2 Å². The maximum Gasteiger partial charge on any atom is 0.311 e. The van der Waals surface area contributed by atoms with Crippen LogP contribution in [-0.2, 0) is 35.6 Å². The van der Waals surface area contributed by atoms with Crippen LogP contribution in [0.3, 0.4) is 0 Å². The lowest BCUT2D eigenvalue weighted by Crippen LogP contribution is -2.13. The van der Waals surface area contributed by atoms with Crippen LogP contribution in [0.25, 0.3) is 141 Å². The summed E-state index contributed by atoms with van der Waals surface area (Å²) in [5.41, 5.74) is 7.49. The molecule has 0 spiro atoms. The van der Waals surface area contributed by atoms with Crippen molar-refractivity contribution in [2.75, 3.05) is 28.4 Å². The second-order valence-electron chi connectivity index (χ2n) is 27.7. The molecule has 526 valence electrons. The summed E-state index contributed by atoms with van der Waals surface area (Å²) in [5.74, 6) is 1.48. The van der Waals surface area contributed by atoms with E-state index in [-0.39, 0.29) is 49.1 Å². The van der Waals surface area contributed by atoms with Gasteiger partial charge in [0.05, 0.1) is 28.4 Å². The van der Waals surface area contributed by atoms with E-state index in [2.05, 4.69) is 121 Å². The lowest BCUT2D eigenvalue weighted by atomic mass is 9.83. The molecule has 0 unspecified atom stereocenters. The van der Waals surface area contributed by atoms with E-state index < -0.39 is 11.9 Å². The number of carbonyl (C=O) groups is 2. The zero-order chi connectivity index (χ0) is 72.9. The van der Waals surface area contributed by atoms with Crippen molar-refractivity contribution in [2.24, 2.45) is 0 Å². The number of esters is 2. The molecule has 0 amide bonds. The van der Waals surface area contributed by atoms with Gasteiger partial charge in [-0.3, -0.25) is 9.59 Å². The third-order valence-electron chi connectivity index (χ3n) is 21.6. The van der Waals surface area contributed by atoms with Gasteiger partial charge in [-0.05, 0) is 168 Å². The Hall–Kier alpha value is -13.2. The molecular weight excluding hydrogens is 1340 g/mol. The molecule has 0 bridgehead atoms. The highest BCUT2D eigenvalue weighted by molar-refractivity contribution is 6.26. The summed E-state index contributed by atoms with van der Waals surface area (Å²) in [5, 5.41) is 20.3. The smallest absolute Gasteiger partial charge is 0.311 e. The average molecular weight is 1410 g/mol. The Morgan fingerprint density at radius 1 is 0.259 bits per heavy atom. The van der Waals surface area contributed by atoms with Gasteiger partial charge in [0, 0.05) is 46.2 Å². The molecule has 18 rings (SSSR count). The minimum atomic E-state index is -0.507. The van der Waals surface area contributed by atoms with Gasteiger partial charge in [-0.15, -0.1) is 0 Å². The first-order chi connectivity index (χ1) is 53.2. The summed E-state index contributed by atoms with van der Waals surface area (Å²) in [6.07, 6.45) is 2.13. The fraction of sp³-hybridized carbons (Fsp3) is 0.122. The van der Waals surface area contributed by atoms with Crippen molar-refractivity contribution in [3.63, 3.8) is 0 Å². The molecule has 10 heteroatoms. The summed E-state index contributed by atoms with van der Waals surface area (Å²) in [4.78, 5) is 31.6. The van der Waals surface area contributed by atoms with Gasteiger partial charge in [0.2, 0.25) is 0 Å². The fourth-order valence-corrected chi connectivity index (χ4v) is 16.8. The van der Waals surface area contributed by atoms with E-state index >= 15 is 9.59 Å². The van der Waals surface area contributed by atoms with E-state index in [1.807, 2.05) is 158 Å². The molecule has 0 N–H and O–H groups in total. The van der Waals surface area contributed by atoms with Crippen LogP contribution in [0.2, 0.25) is 0 Å². The predicted molar refractivity (Wildman–Crippen MR) is 438 cm³/mol. The second-order valence-corrected chi connectivity index (χ2v) is 27.7. The number of hydrogen-bond acceptors (Lipinski definition) is 10. The number of hydrogen-bond donors (Lipinski definition) is 0. The van der Waals surface area contributed by atoms with Crippen molar-refractivity contribution < 1.29 is 47.5 Å². The Labute approximate surface area is 624 Å². The second kappa shape index (κ2) is 28.4. The molecule has 0 fully saturated rings. The molecule has 0 heterocycles. The van der Waals surface area contributed by atoms with Crippen LogP contribution < -0.4 is 37.9 Å². The largest absolute Gasteiger partial charge is 0.492 e. The van der Waals surface area contributed by atoms with Crippen molar-refractivity contribution in [2.45, 2.75) is 51.7 Å². The Bertz CT molecular complexity index is 6120. The van der Waals surface area contributed by atoms with E-state index in [1.54, 1.807) is 28.4 Å². The van der Waals surface area contributed by atoms with Crippen LogP contribution in [0.5, 0.6) is 46.0 Å². The highest BCUT2D eigenvalue weighted by Crippen LogP contribution is 2.62. The predicted octanol–water partition coefficient (Wildman–Crippen LogP) is 24.1. The van der Waals surface area contributed by atoms with Crippen LogP contribution in [0.1, 0.15) is 47.9 Å². The number of fused-ring (bicyclic) bond motifs is 4. The van der Waals surface area contributed by atoms with Crippen LogP contribution in [0, 0.1) is 0 Å². The van der Waals surface area contributed by atoms with Gasteiger partial charge in [-0.2, -0.15) is 0 Å². The number of carbonyl (C=O) groups excluding carboxylic acids is 2. The summed E-state index contributed by atoms with van der Waals surface area (Å²) in [6, 6.07) is 95.4. The molecule has 0 radical (unpaired) electrons. The van der Waals surface area contributed by atoms with Gasteiger partial charge in [0.25, 0.3) is 0 Å². The van der Waals surface area contributed by atoms with E-state index in [0.29, 0.717) is 104 Å². The molecule has 0 atom stereocenters. The standard InChI is InChI=1S/C98H74O10/c1-101-93-79(105-57-59-23-7-5-8-24-59)55-69-27-11-13-35-71(69)87(93)89-75-37-15-17-39-77(75)91(97(95(89)103-3)107-81(99)41-21-29-61-43-45-67-49-47-63-31-19-33-65-51-53-73(61)85(67)83(63)65)92-78-40-18-16-38-76(78)90(88-72-36-14-12-28-70(72)56-80(94(88)102-2)106-58-60-25-9-6-10-26-60)96(104-4)98(92)108-82(100)42-22-30-62-44-46-68-50-48-64-32-20-34-66-52-54-74(62)86(68)84(64)66/h5-20,23-28,31-40,43-56H,21-22,29-30,41-42,57-58H2,1-4H3. The van der Waals surface area contributed by atoms with Crippen LogP contribution in [0.15, 0.2) is 279 Å². The lowest BCUT2D eigenvalue weighted by Gasteiger charge is -2.27. The topological polar surface area (TPSA) is 108 Å². The summed E-state index contributed by atoms with van der Waals surface area (Å²) >= 11 is 0. The molecule has 18 aromatic carbocycles. The quantitative estimate of drug-likeness (QED) is 0.0349. The van der Waals surface area contributed by atoms with Crippen LogP contribution >= 0.6 is 0 Å². The molecule has 0 aliphatic heterocycles. The number of methoxy groups -OCH3 is 4. The molecule has 0 saturated heterocycles. The van der Waals surface area contributed by atoms with Crippen molar-refractivity contribution in [1.29, 1.82) is 0 Å². The zero-order valence-electron chi connectivity index (χ0n) is 60.3. The number of aryl methyl sites for hydroxylation is 2. The fourth-order valence-electron chi connectivity index (χ4n) is 16.8. The number of benzene rings is 18. The lowest BCUT2D eigenvalue weighted by molar-refractivity contribution is -0.135. The normalized spacial score (nSPS) is 11.7. The van der Waals surface area contributed by atoms with Crippen molar-refractivity contribution in [3.05, 3.63) is 301 Å². The van der Waals surface area contributed by atoms with E-state index in [0.717, 1.165) is 65.3 Å². The van der Waals surface area contributed by atoms with Crippen LogP contribution in [0.4, 0.5) is 0 Å². The molecule has 0 aliphatic rings. The highest BCUT2D eigenvalue weighted by Gasteiger charge is 2.36. The molecule has 0 aliphatic carbocycles. The average Bonchev–Trinajstić information content (AvgIpc) is 0.704. The van der Waals surface area contributed by atoms with Gasteiger partial charge >= 0.3 is 11.9 Å². The van der Waals surface area contributed by atoms with Gasteiger partial charge < -0.3 is 37.9 Å². The SMILES string of the molecule is COc1c(OCc2ccccc2)cc2ccccc2c1-c1c(OC)c(OC(=O)CCCc2ccc3ccc4cccc5ccc2c3c45)c(-c2c(OC(=O)CCCc3ccc4ccc5cccc6ccc3c4c56)c(OC)c(-c3c(OC)c(OCc4ccccc4)cc4ccccc34)c3ccccc23)c2ccccc12. The van der Waals surface area contributed by atoms with E-state index in [9.17, 15) is 0 Å². The van der Waals surface area contributed by atoms with Gasteiger partial charge in [-0.1, -0.05) is 267 Å². The summed E-state index contributed by atoms with van der Waals surface area (Å²) < 4.78 is 55.2. The highest BCUT2D eigenvalue weighted by atomic mass is 16.6. The molecular formula is C98H74O10. The Balaban J connectivity index is 0.853. The molecule has 10 nitrogen and oxygen atoms in total. The first-order valence-corrected chi connectivity index (χ1v) is 36.8. The first kappa shape index (κ1) is 66.8. The molecule has 0 saturated carbocycles. The monoisotopic (exact) mass is 1410 g/mol. The maximum absolute atomic E-state index is 15.8. The first-order valence-electron chi connectivity index (χ1n) is 36.8. The third kappa shape index (κ3) is 11.7. The van der Waals surface area contributed by atoms with Gasteiger partial charge in [-0.25, -0.2) is 0 Å². The third-order valence-corrected chi connectivity index (χ3v) is 21.6.